The van der Waals surface area contributed by atoms with Crippen molar-refractivity contribution in [3.05, 3.63) is 35.9 Å². The van der Waals surface area contributed by atoms with Gasteiger partial charge in [-0.1, -0.05) is 25.2 Å². The summed E-state index contributed by atoms with van der Waals surface area (Å²) >= 11 is 0. The van der Waals surface area contributed by atoms with Gasteiger partial charge in [0.1, 0.15) is 12.4 Å². The van der Waals surface area contributed by atoms with Crippen LogP contribution in [0.25, 0.3) is 0 Å². The molecule has 122 valence electrons. The molecule has 0 heterocycles. The predicted molar refractivity (Wildman–Crippen MR) is 90.9 cm³/mol. The minimum Gasteiger partial charge on any atom is -0.487 e. The summed E-state index contributed by atoms with van der Waals surface area (Å²) in [5, 5.41) is 0. The number of nitrogens with zero attached hydrogens (tertiary/aromatic N) is 2. The number of hydrogen-bond acceptors (Lipinski definition) is 4. The molecule has 4 nitrogen and oxygen atoms in total. The lowest BCUT2D eigenvalue weighted by molar-refractivity contribution is 0.224. The molecule has 1 saturated carbocycles. The third kappa shape index (κ3) is 5.22. The average Bonchev–Trinajstić information content (AvgIpc) is 2.48. The van der Waals surface area contributed by atoms with E-state index in [-0.39, 0.29) is 25.5 Å². The van der Waals surface area contributed by atoms with E-state index < -0.39 is 0 Å². The molecule has 2 N–H and O–H groups in total. The van der Waals surface area contributed by atoms with E-state index in [9.17, 15) is 4.39 Å². The lowest BCUT2D eigenvalue weighted by atomic mass is 9.78. The zero-order chi connectivity index (χ0) is 16.4. The zero-order valence-corrected chi connectivity index (χ0v) is 13.5. The van der Waals surface area contributed by atoms with Gasteiger partial charge in [-0.25, -0.2) is 4.39 Å². The van der Waals surface area contributed by atoms with Crippen molar-refractivity contribution in [2.75, 3.05) is 20.3 Å². The van der Waals surface area contributed by atoms with E-state index in [1.54, 1.807) is 13.1 Å². The third-order valence-corrected chi connectivity index (χ3v) is 3.68. The second-order valence-electron chi connectivity index (χ2n) is 5.09. The van der Waals surface area contributed by atoms with Gasteiger partial charge in [-0.3, -0.25) is 9.98 Å². The lowest BCUT2D eigenvalue weighted by Gasteiger charge is -2.29. The van der Waals surface area contributed by atoms with Gasteiger partial charge >= 0.3 is 0 Å². The van der Waals surface area contributed by atoms with E-state index in [2.05, 4.69) is 16.6 Å². The molecule has 22 heavy (non-hydrogen) atoms. The molecule has 1 aliphatic carbocycles. The molecule has 0 aromatic carbocycles. The van der Waals surface area contributed by atoms with E-state index in [0.717, 1.165) is 18.4 Å². The summed E-state index contributed by atoms with van der Waals surface area (Å²) in [7, 11) is 1.61. The number of hydrogen-bond donors (Lipinski definition) is 1. The number of rotatable bonds is 9. The first-order valence-corrected chi connectivity index (χ1v) is 7.62. The number of ether oxygens (including phenoxy) is 1. The molecule has 0 bridgehead atoms. The van der Waals surface area contributed by atoms with Crippen molar-refractivity contribution in [1.82, 2.24) is 0 Å². The van der Waals surface area contributed by atoms with Crippen molar-refractivity contribution in [3.63, 3.8) is 0 Å². The smallest absolute Gasteiger partial charge is 0.154 e. The molecule has 1 aliphatic rings. The summed E-state index contributed by atoms with van der Waals surface area (Å²) < 4.78 is 20.3. The van der Waals surface area contributed by atoms with Gasteiger partial charge in [0.05, 0.1) is 12.4 Å². The van der Waals surface area contributed by atoms with Gasteiger partial charge < -0.3 is 10.5 Å². The largest absolute Gasteiger partial charge is 0.487 e. The number of nitrogens with two attached hydrogens (primary N) is 1. The molecule has 0 atom stereocenters. The molecule has 1 fully saturated rings. The monoisotopic (exact) mass is 307 g/mol. The molecular formula is C17H26FN3O. The fraction of sp³-hybridized carbons (Fsp3) is 0.529. The molecular weight excluding hydrogens is 281 g/mol. The Morgan fingerprint density at radius 1 is 1.45 bits per heavy atom. The molecule has 0 aromatic heterocycles. The molecule has 0 saturated heterocycles. The summed E-state index contributed by atoms with van der Waals surface area (Å²) in [5.74, 6) is 0.385. The van der Waals surface area contributed by atoms with Gasteiger partial charge in [0.25, 0.3) is 0 Å². The summed E-state index contributed by atoms with van der Waals surface area (Å²) in [4.78, 5) is 7.94. The number of allylic oxidation sites excluding steroid dienone is 3. The summed E-state index contributed by atoms with van der Waals surface area (Å²) in [5.41, 5.74) is 6.79. The van der Waals surface area contributed by atoms with Crippen LogP contribution in [-0.4, -0.2) is 32.2 Å². The first-order chi connectivity index (χ1) is 10.7. The highest BCUT2D eigenvalue weighted by molar-refractivity contribution is 6.31. The number of aliphatic imine (C=N–C) groups is 2. The highest BCUT2D eigenvalue weighted by Gasteiger charge is 2.27. The van der Waals surface area contributed by atoms with Crippen LogP contribution in [0.15, 0.2) is 45.9 Å². The Morgan fingerprint density at radius 3 is 2.64 bits per heavy atom. The Kier molecular flexibility index (Phi) is 8.36. The standard InChI is InChI=1S/C17H26FN3O/c1-4-9-22-17(15(5-2)13-7-6-8-13)16(18)10-14(20-3)11-21-12-19/h4-5,11,13H,1,6-10,12,19H2,2-3H3/b15-5-,17-16-,20-14-,21-11-. The summed E-state index contributed by atoms with van der Waals surface area (Å²) in [6.45, 7) is 5.98. The fourth-order valence-electron chi connectivity index (χ4n) is 2.31. The molecule has 0 amide bonds. The Balaban J connectivity index is 3.00. The van der Waals surface area contributed by atoms with Gasteiger partial charge in [-0.15, -0.1) is 0 Å². The van der Waals surface area contributed by atoms with E-state index in [1.807, 2.05) is 13.0 Å². The van der Waals surface area contributed by atoms with Crippen molar-refractivity contribution in [3.8, 4) is 0 Å². The average molecular weight is 307 g/mol. The van der Waals surface area contributed by atoms with Gasteiger partial charge in [0, 0.05) is 19.7 Å². The van der Waals surface area contributed by atoms with Crippen molar-refractivity contribution in [2.45, 2.75) is 32.6 Å². The molecule has 5 heteroatoms. The maximum Gasteiger partial charge on any atom is 0.154 e. The van der Waals surface area contributed by atoms with E-state index >= 15 is 0 Å². The minimum absolute atomic E-state index is 0.0521. The van der Waals surface area contributed by atoms with E-state index in [4.69, 9.17) is 10.5 Å². The van der Waals surface area contributed by atoms with Crippen LogP contribution in [0.3, 0.4) is 0 Å². The molecule has 1 rings (SSSR count). The second-order valence-corrected chi connectivity index (χ2v) is 5.09. The molecule has 0 aromatic rings. The Bertz CT molecular complexity index is 488. The van der Waals surface area contributed by atoms with Crippen LogP contribution in [-0.2, 0) is 4.74 Å². The SMILES string of the molecule is C=CCOC(/C(=C\C)C1CCC1)=C(\F)CC(/C=N\CN)=N/C. The highest BCUT2D eigenvalue weighted by atomic mass is 19.1. The van der Waals surface area contributed by atoms with Crippen LogP contribution >= 0.6 is 0 Å². The zero-order valence-electron chi connectivity index (χ0n) is 13.5. The lowest BCUT2D eigenvalue weighted by Crippen LogP contribution is -2.17. The van der Waals surface area contributed by atoms with Crippen LogP contribution < -0.4 is 5.73 Å². The second kappa shape index (κ2) is 10.1. The fourth-order valence-corrected chi connectivity index (χ4v) is 2.31. The summed E-state index contributed by atoms with van der Waals surface area (Å²) in [6.07, 6.45) is 8.46. The molecule has 0 unspecified atom stereocenters. The topological polar surface area (TPSA) is 60.0 Å². The van der Waals surface area contributed by atoms with Crippen molar-refractivity contribution in [2.24, 2.45) is 21.6 Å². The van der Waals surface area contributed by atoms with Crippen molar-refractivity contribution >= 4 is 11.9 Å². The molecule has 0 spiro atoms. The van der Waals surface area contributed by atoms with E-state index in [0.29, 0.717) is 17.4 Å². The summed E-state index contributed by atoms with van der Waals surface area (Å²) in [6, 6.07) is 0. The Morgan fingerprint density at radius 2 is 2.18 bits per heavy atom. The van der Waals surface area contributed by atoms with Gasteiger partial charge in [-0.2, -0.15) is 0 Å². The maximum atomic E-state index is 14.7. The van der Waals surface area contributed by atoms with Gasteiger partial charge in [-0.05, 0) is 31.3 Å². The normalized spacial score (nSPS) is 18.2. The quantitative estimate of drug-likeness (QED) is 0.306. The first kappa shape index (κ1) is 18.3. The van der Waals surface area contributed by atoms with Crippen molar-refractivity contribution < 1.29 is 9.13 Å². The van der Waals surface area contributed by atoms with Gasteiger partial charge in [0.15, 0.2) is 5.76 Å². The minimum atomic E-state index is -0.328. The van der Waals surface area contributed by atoms with Gasteiger partial charge in [0.2, 0.25) is 0 Å². The third-order valence-electron chi connectivity index (χ3n) is 3.68. The maximum absolute atomic E-state index is 14.7. The predicted octanol–water partition coefficient (Wildman–Crippen LogP) is 3.56. The number of halogens is 1. The van der Waals surface area contributed by atoms with Crippen molar-refractivity contribution in [1.29, 1.82) is 0 Å². The van der Waals surface area contributed by atoms with Crippen LogP contribution in [0.4, 0.5) is 4.39 Å². The molecule has 0 radical (unpaired) electrons. The Hall–Kier alpha value is -1.75. The molecule has 0 aliphatic heterocycles. The van der Waals surface area contributed by atoms with E-state index in [1.165, 1.54) is 12.6 Å². The van der Waals surface area contributed by atoms with Crippen LogP contribution in [0.1, 0.15) is 32.6 Å². The van der Waals surface area contributed by atoms with Crippen LogP contribution in [0.5, 0.6) is 0 Å². The van der Waals surface area contributed by atoms with Crippen LogP contribution in [0.2, 0.25) is 0 Å². The Labute approximate surface area is 132 Å². The van der Waals surface area contributed by atoms with Crippen LogP contribution in [0, 0.1) is 5.92 Å². The first-order valence-electron chi connectivity index (χ1n) is 7.62. The highest BCUT2D eigenvalue weighted by Crippen LogP contribution is 2.38.